The Hall–Kier alpha value is -2.96. The summed E-state index contributed by atoms with van der Waals surface area (Å²) in [7, 11) is 0. The summed E-state index contributed by atoms with van der Waals surface area (Å²) < 4.78 is 2.54. The molecular weight excluding hydrogens is 414 g/mol. The van der Waals surface area contributed by atoms with Gasteiger partial charge in [-0.3, -0.25) is 9.59 Å². The molecule has 2 aromatic rings. The number of aromatic nitrogens is 2. The number of H-pyrrole nitrogens is 1. The van der Waals surface area contributed by atoms with Crippen molar-refractivity contribution in [1.82, 2.24) is 15.3 Å². The molecule has 3 heterocycles. The molecule has 7 nitrogen and oxygen atoms in total. The van der Waals surface area contributed by atoms with E-state index in [2.05, 4.69) is 36.9 Å². The highest BCUT2D eigenvalue weighted by Crippen LogP contribution is 2.31. The molecule has 7 heteroatoms. The zero-order valence-corrected chi connectivity index (χ0v) is 19.7. The van der Waals surface area contributed by atoms with Gasteiger partial charge in [-0.15, -0.1) is 0 Å². The molecule has 1 atom stereocenters. The molecule has 0 spiro atoms. The Kier molecular flexibility index (Phi) is 6.04. The zero-order valence-electron chi connectivity index (χ0n) is 19.7. The summed E-state index contributed by atoms with van der Waals surface area (Å²) in [6.45, 7) is 7.91. The highest BCUT2D eigenvalue weighted by Gasteiger charge is 2.32. The Balaban J connectivity index is 1.21. The van der Waals surface area contributed by atoms with Gasteiger partial charge in [0, 0.05) is 36.1 Å². The predicted molar refractivity (Wildman–Crippen MR) is 130 cm³/mol. The number of amides is 1. The van der Waals surface area contributed by atoms with E-state index < -0.39 is 0 Å². The first-order valence-corrected chi connectivity index (χ1v) is 12.4. The van der Waals surface area contributed by atoms with Gasteiger partial charge in [-0.25, -0.2) is 9.56 Å². The molecular formula is C26H34N5O2+. The van der Waals surface area contributed by atoms with Crippen molar-refractivity contribution in [3.8, 4) is 0 Å². The second kappa shape index (κ2) is 9.12. The number of nitrogens with zero attached hydrogens (tertiary/aromatic N) is 3. The van der Waals surface area contributed by atoms with Crippen LogP contribution in [0.2, 0.25) is 0 Å². The molecule has 2 aromatic heterocycles. The fraction of sp³-hybridized carbons (Fsp3) is 0.538. The third-order valence-corrected chi connectivity index (χ3v) is 7.37. The standard InChI is InChI=1S/C26H33N5O2/c1-3-18-5-9-22(29-25(18)32)19-4-8-21(16-19)30-12-14-31(15-13-30)24-11-10-23(27-17(24)2)26(33)28-20-6-7-20/h5,9-11,19-20H,3-4,6-8,12-16H2,1-2H3,(H-,28,29,32,33)/p+1/t19-/m1/s1. The van der Waals surface area contributed by atoms with Gasteiger partial charge in [0.05, 0.1) is 24.5 Å². The molecule has 0 aromatic carbocycles. The van der Waals surface area contributed by atoms with E-state index in [1.54, 1.807) is 0 Å². The maximum absolute atomic E-state index is 12.3. The number of hydrogen-bond acceptors (Lipinski definition) is 4. The maximum Gasteiger partial charge on any atom is 0.270 e. The summed E-state index contributed by atoms with van der Waals surface area (Å²) in [6.07, 6.45) is 6.17. The lowest BCUT2D eigenvalue weighted by Gasteiger charge is -2.29. The normalized spacial score (nSPS) is 20.9. The lowest BCUT2D eigenvalue weighted by atomic mass is 10.0. The number of pyridine rings is 2. The smallest absolute Gasteiger partial charge is 0.270 e. The molecule has 3 fully saturated rings. The van der Waals surface area contributed by atoms with Crippen LogP contribution in [0.25, 0.3) is 0 Å². The number of aryl methyl sites for hydroxylation is 2. The van der Waals surface area contributed by atoms with Gasteiger partial charge in [-0.1, -0.05) is 13.0 Å². The van der Waals surface area contributed by atoms with Crippen molar-refractivity contribution in [2.24, 2.45) is 0 Å². The van der Waals surface area contributed by atoms with Gasteiger partial charge in [0.15, 0.2) is 18.8 Å². The van der Waals surface area contributed by atoms with Crippen molar-refractivity contribution in [2.75, 3.05) is 31.1 Å². The van der Waals surface area contributed by atoms with Crippen molar-refractivity contribution in [3.05, 3.63) is 57.3 Å². The molecule has 0 radical (unpaired) electrons. The average Bonchev–Trinajstić information content (AvgIpc) is 3.50. The number of carbonyl (C=O) groups is 1. The van der Waals surface area contributed by atoms with Crippen molar-refractivity contribution in [2.45, 2.75) is 64.3 Å². The van der Waals surface area contributed by atoms with Crippen LogP contribution in [0.1, 0.15) is 72.4 Å². The monoisotopic (exact) mass is 448 g/mol. The molecule has 1 saturated heterocycles. The van der Waals surface area contributed by atoms with E-state index in [4.69, 9.17) is 0 Å². The molecule has 5 rings (SSSR count). The van der Waals surface area contributed by atoms with Crippen molar-refractivity contribution < 1.29 is 9.37 Å². The van der Waals surface area contributed by atoms with E-state index in [0.29, 0.717) is 17.7 Å². The highest BCUT2D eigenvalue weighted by molar-refractivity contribution is 5.93. The van der Waals surface area contributed by atoms with Crippen LogP contribution < -0.4 is 15.8 Å². The number of rotatable bonds is 5. The average molecular weight is 449 g/mol. The molecule has 33 heavy (non-hydrogen) atoms. The molecule has 2 N–H and O–H groups in total. The Morgan fingerprint density at radius 2 is 1.97 bits per heavy atom. The topological polar surface area (TPSA) is 81.1 Å². The lowest BCUT2D eigenvalue weighted by molar-refractivity contribution is -0.531. The first-order valence-electron chi connectivity index (χ1n) is 12.4. The third kappa shape index (κ3) is 4.72. The molecule has 0 unspecified atom stereocenters. The fourth-order valence-corrected chi connectivity index (χ4v) is 5.18. The van der Waals surface area contributed by atoms with E-state index in [-0.39, 0.29) is 11.5 Å². The Labute approximate surface area is 194 Å². The lowest BCUT2D eigenvalue weighted by Crippen LogP contribution is -2.44. The van der Waals surface area contributed by atoms with Gasteiger partial charge >= 0.3 is 0 Å². The minimum Gasteiger partial charge on any atom is -0.357 e. The van der Waals surface area contributed by atoms with Gasteiger partial charge < -0.3 is 15.2 Å². The van der Waals surface area contributed by atoms with Crippen LogP contribution in [-0.2, 0) is 6.42 Å². The van der Waals surface area contributed by atoms with Gasteiger partial charge in [-0.05, 0) is 50.8 Å². The van der Waals surface area contributed by atoms with E-state index in [9.17, 15) is 9.59 Å². The summed E-state index contributed by atoms with van der Waals surface area (Å²) in [5, 5.41) is 3.01. The first-order chi connectivity index (χ1) is 16.0. The van der Waals surface area contributed by atoms with Crippen LogP contribution in [0, 0.1) is 6.92 Å². The quantitative estimate of drug-likeness (QED) is 0.690. The van der Waals surface area contributed by atoms with Crippen LogP contribution >= 0.6 is 0 Å². The van der Waals surface area contributed by atoms with E-state index in [1.165, 1.54) is 5.71 Å². The molecule has 2 saturated carbocycles. The maximum atomic E-state index is 12.3. The van der Waals surface area contributed by atoms with Crippen LogP contribution in [0.3, 0.4) is 0 Å². The SMILES string of the molecule is CCc1ccc([C@@H]2CCC(=[N+]3CCN(c4ccc(C(=O)NC5CC5)nc4C)CC3)C2)[nH]c1=O. The number of hydrogen-bond donors (Lipinski definition) is 2. The summed E-state index contributed by atoms with van der Waals surface area (Å²) in [4.78, 5) is 34.6. The number of piperazine rings is 1. The predicted octanol–water partition coefficient (Wildman–Crippen LogP) is 2.77. The molecule has 0 bridgehead atoms. The second-order valence-corrected chi connectivity index (χ2v) is 9.65. The molecule has 3 aliphatic rings. The number of aromatic amines is 1. The highest BCUT2D eigenvalue weighted by atomic mass is 16.2. The largest absolute Gasteiger partial charge is 0.357 e. The Bertz CT molecular complexity index is 1140. The van der Waals surface area contributed by atoms with E-state index in [0.717, 1.165) is 87.3 Å². The molecule has 174 valence electrons. The van der Waals surface area contributed by atoms with Crippen molar-refractivity contribution >= 4 is 17.3 Å². The van der Waals surface area contributed by atoms with E-state index in [1.807, 2.05) is 26.0 Å². The fourth-order valence-electron chi connectivity index (χ4n) is 5.18. The summed E-state index contributed by atoms with van der Waals surface area (Å²) in [6, 6.07) is 8.34. The second-order valence-electron chi connectivity index (χ2n) is 9.65. The van der Waals surface area contributed by atoms with Crippen molar-refractivity contribution in [1.29, 1.82) is 0 Å². The number of nitrogens with one attached hydrogen (secondary N) is 2. The minimum atomic E-state index is -0.0603. The molecule has 1 aliphatic heterocycles. The van der Waals surface area contributed by atoms with Gasteiger partial charge in [-0.2, -0.15) is 0 Å². The molecule has 2 aliphatic carbocycles. The Morgan fingerprint density at radius 1 is 1.18 bits per heavy atom. The van der Waals surface area contributed by atoms with E-state index >= 15 is 0 Å². The zero-order chi connectivity index (χ0) is 22.9. The first kappa shape index (κ1) is 21.9. The van der Waals surface area contributed by atoms with Gasteiger partial charge in [0.2, 0.25) is 0 Å². The molecule has 1 amide bonds. The van der Waals surface area contributed by atoms with Crippen LogP contribution in [0.5, 0.6) is 0 Å². The number of anilines is 1. The summed E-state index contributed by atoms with van der Waals surface area (Å²) in [5.74, 6) is 0.354. The third-order valence-electron chi connectivity index (χ3n) is 7.37. The summed E-state index contributed by atoms with van der Waals surface area (Å²) in [5.41, 5.74) is 6.08. The van der Waals surface area contributed by atoms with Gasteiger partial charge in [0.25, 0.3) is 11.5 Å². The van der Waals surface area contributed by atoms with Crippen LogP contribution in [-0.4, -0.2) is 58.4 Å². The Morgan fingerprint density at radius 3 is 2.64 bits per heavy atom. The number of carbonyl (C=O) groups excluding carboxylic acids is 1. The van der Waals surface area contributed by atoms with Crippen LogP contribution in [0.4, 0.5) is 5.69 Å². The van der Waals surface area contributed by atoms with Crippen molar-refractivity contribution in [3.63, 3.8) is 0 Å². The summed E-state index contributed by atoms with van der Waals surface area (Å²) >= 11 is 0. The minimum absolute atomic E-state index is 0.0603. The van der Waals surface area contributed by atoms with Gasteiger partial charge in [0.1, 0.15) is 5.69 Å². The van der Waals surface area contributed by atoms with Crippen LogP contribution in [0.15, 0.2) is 29.1 Å².